The van der Waals surface area contributed by atoms with Crippen molar-refractivity contribution in [1.82, 2.24) is 0 Å². The van der Waals surface area contributed by atoms with Crippen LogP contribution in [0.25, 0.3) is 22.1 Å². The fourth-order valence-electron chi connectivity index (χ4n) is 2.65. The van der Waals surface area contributed by atoms with Crippen LogP contribution in [-0.4, -0.2) is 12.5 Å². The molecule has 0 atom stereocenters. The number of carbonyl (C=O) groups is 1. The normalized spacial score (nSPS) is 10.6. The lowest BCUT2D eigenvalue weighted by Gasteiger charge is -2.16. The van der Waals surface area contributed by atoms with E-state index >= 15 is 0 Å². The number of hydrogen-bond donors (Lipinski definition) is 1. The summed E-state index contributed by atoms with van der Waals surface area (Å²) < 4.78 is 11.4. The van der Waals surface area contributed by atoms with E-state index in [1.54, 1.807) is 6.26 Å². The summed E-state index contributed by atoms with van der Waals surface area (Å²) in [4.78, 5) is 11.8. The number of nitrogens with one attached hydrogen (secondary N) is 1. The van der Waals surface area contributed by atoms with Gasteiger partial charge in [-0.3, -0.25) is 4.79 Å². The fraction of sp³-hybridized carbons (Fsp3) is 0.190. The summed E-state index contributed by atoms with van der Waals surface area (Å²) in [5, 5.41) is 3.85. The molecule has 4 heteroatoms. The number of rotatable bonds is 7. The zero-order chi connectivity index (χ0) is 17.6. The second-order valence-electron chi connectivity index (χ2n) is 5.75. The molecule has 0 radical (unpaired) electrons. The minimum Gasteiger partial charge on any atom is -0.491 e. The highest BCUT2D eigenvalue weighted by Gasteiger charge is 2.14. The van der Waals surface area contributed by atoms with E-state index in [-0.39, 0.29) is 5.91 Å². The first kappa shape index (κ1) is 16.8. The van der Waals surface area contributed by atoms with Crippen molar-refractivity contribution in [3.05, 3.63) is 61.4 Å². The number of hydrogen-bond acceptors (Lipinski definition) is 3. The predicted octanol–water partition coefficient (Wildman–Crippen LogP) is 5.40. The molecule has 0 bridgehead atoms. The van der Waals surface area contributed by atoms with Gasteiger partial charge in [-0.25, -0.2) is 0 Å². The molecule has 0 saturated heterocycles. The van der Waals surface area contributed by atoms with Gasteiger partial charge in [0.05, 0.1) is 18.6 Å². The number of unbranched alkanes of at least 4 members (excludes halogenated alkanes) is 1. The van der Waals surface area contributed by atoms with Crippen LogP contribution < -0.4 is 10.1 Å². The predicted molar refractivity (Wildman–Crippen MR) is 101 cm³/mol. The van der Waals surface area contributed by atoms with Crippen LogP contribution in [-0.2, 0) is 4.79 Å². The summed E-state index contributed by atoms with van der Waals surface area (Å²) >= 11 is 0. The van der Waals surface area contributed by atoms with Gasteiger partial charge in [0.2, 0.25) is 5.91 Å². The molecule has 25 heavy (non-hydrogen) atoms. The van der Waals surface area contributed by atoms with E-state index < -0.39 is 0 Å². The van der Waals surface area contributed by atoms with Crippen LogP contribution >= 0.6 is 0 Å². The molecule has 1 aromatic heterocycles. The molecule has 1 N–H and O–H groups in total. The zero-order valence-electron chi connectivity index (χ0n) is 14.2. The Kier molecular flexibility index (Phi) is 5.19. The second-order valence-corrected chi connectivity index (χ2v) is 5.75. The average molecular weight is 335 g/mol. The lowest BCUT2D eigenvalue weighted by atomic mass is 10.0. The van der Waals surface area contributed by atoms with Crippen molar-refractivity contribution in [2.75, 3.05) is 11.9 Å². The van der Waals surface area contributed by atoms with Crippen LogP contribution in [0, 0.1) is 0 Å². The molecule has 2 aromatic carbocycles. The van der Waals surface area contributed by atoms with Crippen molar-refractivity contribution >= 4 is 22.6 Å². The maximum absolute atomic E-state index is 11.8. The Labute approximate surface area is 147 Å². The first-order valence-electron chi connectivity index (χ1n) is 8.39. The van der Waals surface area contributed by atoms with Crippen LogP contribution in [0.15, 0.2) is 65.8 Å². The van der Waals surface area contributed by atoms with Crippen LogP contribution in [0.3, 0.4) is 0 Å². The molecule has 0 saturated carbocycles. The Morgan fingerprint density at radius 2 is 2.16 bits per heavy atom. The lowest BCUT2D eigenvalue weighted by Crippen LogP contribution is -2.10. The maximum atomic E-state index is 11.8. The molecule has 0 unspecified atom stereocenters. The molecule has 128 valence electrons. The minimum absolute atomic E-state index is 0.261. The summed E-state index contributed by atoms with van der Waals surface area (Å²) in [7, 11) is 0. The molecule has 0 aliphatic carbocycles. The number of amides is 1. The fourth-order valence-corrected chi connectivity index (χ4v) is 2.65. The van der Waals surface area contributed by atoms with Gasteiger partial charge in [-0.1, -0.05) is 38.1 Å². The second kappa shape index (κ2) is 7.71. The number of fused-ring (bicyclic) bond motifs is 1. The number of benzene rings is 2. The first-order valence-corrected chi connectivity index (χ1v) is 8.39. The molecular weight excluding hydrogens is 314 g/mol. The third kappa shape index (κ3) is 3.74. The molecule has 0 spiro atoms. The number of anilines is 1. The quantitative estimate of drug-likeness (QED) is 0.464. The van der Waals surface area contributed by atoms with Crippen molar-refractivity contribution in [2.45, 2.75) is 19.8 Å². The Balaban J connectivity index is 2.04. The summed E-state index contributed by atoms with van der Waals surface area (Å²) in [6.07, 6.45) is 4.91. The van der Waals surface area contributed by atoms with Crippen LogP contribution in [0.1, 0.15) is 19.8 Å². The molecule has 0 fully saturated rings. The van der Waals surface area contributed by atoms with E-state index in [4.69, 9.17) is 9.15 Å². The Hall–Kier alpha value is -3.01. The Bertz CT molecular complexity index is 895. The maximum Gasteiger partial charge on any atom is 0.247 e. The van der Waals surface area contributed by atoms with E-state index in [2.05, 4.69) is 24.9 Å². The van der Waals surface area contributed by atoms with Crippen molar-refractivity contribution in [2.24, 2.45) is 0 Å². The summed E-state index contributed by atoms with van der Waals surface area (Å²) in [6, 6.07) is 13.6. The summed E-state index contributed by atoms with van der Waals surface area (Å²) in [5.41, 5.74) is 3.43. The molecule has 3 aromatic rings. The molecule has 1 amide bonds. The van der Waals surface area contributed by atoms with Gasteiger partial charge in [0.15, 0.2) is 5.75 Å². The largest absolute Gasteiger partial charge is 0.491 e. The topological polar surface area (TPSA) is 51.5 Å². The van der Waals surface area contributed by atoms with E-state index in [0.29, 0.717) is 18.0 Å². The first-order chi connectivity index (χ1) is 12.2. The number of para-hydroxylation sites is 1. The highest BCUT2D eigenvalue weighted by molar-refractivity contribution is 6.01. The highest BCUT2D eigenvalue weighted by atomic mass is 16.5. The zero-order valence-corrected chi connectivity index (χ0v) is 14.2. The Morgan fingerprint density at radius 1 is 1.28 bits per heavy atom. The van der Waals surface area contributed by atoms with Crippen LogP contribution in [0.2, 0.25) is 0 Å². The van der Waals surface area contributed by atoms with Gasteiger partial charge in [0.25, 0.3) is 0 Å². The molecule has 4 nitrogen and oxygen atoms in total. The smallest absolute Gasteiger partial charge is 0.247 e. The number of ether oxygens (including phenoxy) is 1. The van der Waals surface area contributed by atoms with Crippen LogP contribution in [0.4, 0.5) is 5.69 Å². The van der Waals surface area contributed by atoms with Crippen molar-refractivity contribution in [3.8, 4) is 16.9 Å². The monoisotopic (exact) mass is 335 g/mol. The van der Waals surface area contributed by atoms with Crippen molar-refractivity contribution in [1.29, 1.82) is 0 Å². The minimum atomic E-state index is -0.261. The molecule has 1 heterocycles. The lowest BCUT2D eigenvalue weighted by molar-refractivity contribution is -0.111. The van der Waals surface area contributed by atoms with E-state index in [9.17, 15) is 4.79 Å². The highest BCUT2D eigenvalue weighted by Crippen LogP contribution is 2.38. The Morgan fingerprint density at radius 3 is 2.96 bits per heavy atom. The van der Waals surface area contributed by atoms with Crippen molar-refractivity contribution in [3.63, 3.8) is 0 Å². The third-order valence-electron chi connectivity index (χ3n) is 3.97. The molecule has 0 aliphatic rings. The standard InChI is InChI=1S/C21H21NO3/c1-3-5-12-25-21-17(7-6-8-18(21)22-20(23)4-2)15-9-10-19-16(14-15)11-13-24-19/h4,6-11,13-14H,2-3,5,12H2,1H3,(H,22,23). The van der Waals surface area contributed by atoms with E-state index in [0.717, 1.165) is 34.9 Å². The van der Waals surface area contributed by atoms with Gasteiger partial charge < -0.3 is 14.5 Å². The van der Waals surface area contributed by atoms with Gasteiger partial charge >= 0.3 is 0 Å². The van der Waals surface area contributed by atoms with Crippen molar-refractivity contribution < 1.29 is 13.9 Å². The number of carbonyl (C=O) groups excluding carboxylic acids is 1. The van der Waals surface area contributed by atoms with E-state index in [1.165, 1.54) is 6.08 Å². The van der Waals surface area contributed by atoms with Gasteiger partial charge in [-0.2, -0.15) is 0 Å². The number of furan rings is 1. The van der Waals surface area contributed by atoms with Gasteiger partial charge in [-0.15, -0.1) is 0 Å². The average Bonchev–Trinajstić information content (AvgIpc) is 3.10. The third-order valence-corrected chi connectivity index (χ3v) is 3.97. The van der Waals surface area contributed by atoms with Gasteiger partial charge in [0.1, 0.15) is 5.58 Å². The van der Waals surface area contributed by atoms with Gasteiger partial charge in [-0.05, 0) is 42.3 Å². The van der Waals surface area contributed by atoms with Gasteiger partial charge in [0, 0.05) is 10.9 Å². The molecule has 3 rings (SSSR count). The molecular formula is C21H21NO3. The SMILES string of the molecule is C=CC(=O)Nc1cccc(-c2ccc3occc3c2)c1OCCCC. The van der Waals surface area contributed by atoms with Crippen LogP contribution in [0.5, 0.6) is 5.75 Å². The summed E-state index contributed by atoms with van der Waals surface area (Å²) in [6.45, 7) is 6.22. The van der Waals surface area contributed by atoms with E-state index in [1.807, 2.05) is 36.4 Å². The molecule has 0 aliphatic heterocycles. The summed E-state index contributed by atoms with van der Waals surface area (Å²) in [5.74, 6) is 0.414.